The van der Waals surface area contributed by atoms with E-state index < -0.39 is 45.0 Å². The quantitative estimate of drug-likeness (QED) is 0.00878. The molecule has 35 heteroatoms. The normalized spacial score (nSPS) is 12.0. The summed E-state index contributed by atoms with van der Waals surface area (Å²) in [6.45, 7) is 6.10. The maximum atomic E-state index is 12.7. The standard InChI is InChI=1S/C37H37N11O18S6/c1-4-48(5-2)37-46-35(45-36(47-37)42-27-19-26(70(52,53)54)13-14-29(27)68-65-62-50)40-23-10-8-21(30(16-23)69-66-63-51)6-7-22-9-11-24(17-32(22)72(58,59)60)41-33-38-20(3)39-34(44-33)43-28-18-25(67-64-61-49)12-15-31(28)71(55,56)57/h6-19,49-51H,4-5H2,1-3H3,(H,52,53,54)(H,55,56,57)(H,58,59,60)(H2,38,39,41,43,44)(H2,40,42,45,46,47)/b7-6+. The minimum atomic E-state index is -4.91. The Balaban J connectivity index is 1.28. The molecule has 2 aromatic heterocycles. The maximum Gasteiger partial charge on any atom is 0.296 e. The van der Waals surface area contributed by atoms with Gasteiger partial charge in [0.05, 0.1) is 57.3 Å². The highest BCUT2D eigenvalue weighted by Gasteiger charge is 2.21. The minimum absolute atomic E-state index is 0.00550. The van der Waals surface area contributed by atoms with E-state index in [1.165, 1.54) is 55.5 Å². The van der Waals surface area contributed by atoms with E-state index in [2.05, 4.69) is 75.0 Å². The Labute approximate surface area is 420 Å². The van der Waals surface area contributed by atoms with Crippen LogP contribution in [0.2, 0.25) is 0 Å². The number of anilines is 9. The first kappa shape index (κ1) is 55.4. The van der Waals surface area contributed by atoms with Crippen LogP contribution in [0.15, 0.2) is 102 Å². The topological polar surface area (TPSA) is 408 Å². The Bertz CT molecular complexity index is 3290. The molecular weight excluding hydrogens is 1080 g/mol. The molecular formula is C37H37N11O18S6. The van der Waals surface area contributed by atoms with Crippen molar-refractivity contribution in [3.05, 3.63) is 89.7 Å². The van der Waals surface area contributed by atoms with E-state index in [1.807, 2.05) is 13.8 Å². The Morgan fingerprint density at radius 1 is 0.542 bits per heavy atom. The molecule has 0 amide bonds. The van der Waals surface area contributed by atoms with E-state index >= 15 is 0 Å². The molecule has 10 N–H and O–H groups in total. The van der Waals surface area contributed by atoms with Crippen LogP contribution in [0, 0.1) is 6.92 Å². The van der Waals surface area contributed by atoms with Crippen LogP contribution in [0.25, 0.3) is 12.2 Å². The predicted molar refractivity (Wildman–Crippen MR) is 257 cm³/mol. The van der Waals surface area contributed by atoms with Crippen LogP contribution in [0.3, 0.4) is 0 Å². The third kappa shape index (κ3) is 15.3. The zero-order chi connectivity index (χ0) is 52.2. The van der Waals surface area contributed by atoms with Crippen molar-refractivity contribution in [3.8, 4) is 0 Å². The van der Waals surface area contributed by atoms with Gasteiger partial charge in [0.25, 0.3) is 30.4 Å². The average molecular weight is 1120 g/mol. The summed E-state index contributed by atoms with van der Waals surface area (Å²) in [5.41, 5.74) is 0.541. The summed E-state index contributed by atoms with van der Waals surface area (Å²) in [7, 11) is -14.4. The molecule has 0 spiro atoms. The molecule has 0 fully saturated rings. The van der Waals surface area contributed by atoms with Crippen molar-refractivity contribution < 1.29 is 82.8 Å². The van der Waals surface area contributed by atoms with Crippen LogP contribution < -0.4 is 26.2 Å². The van der Waals surface area contributed by atoms with Gasteiger partial charge in [0, 0.05) is 34.3 Å². The monoisotopic (exact) mass is 1120 g/mol. The number of rotatable bonds is 25. The van der Waals surface area contributed by atoms with Crippen molar-refractivity contribution in [2.24, 2.45) is 0 Å². The summed E-state index contributed by atoms with van der Waals surface area (Å²) in [6.07, 6.45) is 2.81. The van der Waals surface area contributed by atoms with Gasteiger partial charge in [0.1, 0.15) is 15.6 Å². The van der Waals surface area contributed by atoms with Gasteiger partial charge in [-0.05, 0) is 92.6 Å². The Morgan fingerprint density at radius 2 is 1.07 bits per heavy atom. The number of aryl methyl sites for hydroxylation is 1. The SMILES string of the molecule is CCN(CC)c1nc(Nc2ccc(/C=C/c3ccc(Nc4nc(C)nc(Nc5cc(SOOO)ccc5S(=O)(=O)O)n4)cc3S(=O)(=O)O)c(SOOO)c2)nc(Nc2cc(S(=O)(=O)O)ccc2SOOO)n1. The van der Waals surface area contributed by atoms with Crippen LogP contribution in [0.5, 0.6) is 0 Å². The van der Waals surface area contributed by atoms with E-state index in [0.717, 1.165) is 24.3 Å². The van der Waals surface area contributed by atoms with Gasteiger partial charge in [0.2, 0.25) is 29.7 Å². The summed E-state index contributed by atoms with van der Waals surface area (Å²) in [5.74, 6) is -0.264. The molecule has 384 valence electrons. The predicted octanol–water partition coefficient (Wildman–Crippen LogP) is 7.38. The van der Waals surface area contributed by atoms with Crippen LogP contribution >= 0.6 is 36.1 Å². The summed E-state index contributed by atoms with van der Waals surface area (Å²) < 4.78 is 117. The summed E-state index contributed by atoms with van der Waals surface area (Å²) in [6, 6.07) is 15.4. The first-order chi connectivity index (χ1) is 34.2. The smallest absolute Gasteiger partial charge is 0.296 e. The van der Waals surface area contributed by atoms with Gasteiger partial charge in [-0.1, -0.05) is 39.4 Å². The van der Waals surface area contributed by atoms with Gasteiger partial charge >= 0.3 is 0 Å². The molecule has 0 unspecified atom stereocenters. The first-order valence-electron chi connectivity index (χ1n) is 19.6. The van der Waals surface area contributed by atoms with Crippen LogP contribution in [0.4, 0.5) is 52.5 Å². The van der Waals surface area contributed by atoms with Gasteiger partial charge in [-0.15, -0.1) is 13.0 Å². The largest absolute Gasteiger partial charge is 0.341 e. The zero-order valence-electron chi connectivity index (χ0n) is 36.7. The van der Waals surface area contributed by atoms with Crippen molar-refractivity contribution >= 4 is 131 Å². The molecule has 6 aromatic rings. The lowest BCUT2D eigenvalue weighted by atomic mass is 10.1. The lowest BCUT2D eigenvalue weighted by Gasteiger charge is -2.20. The van der Waals surface area contributed by atoms with Crippen LogP contribution in [0.1, 0.15) is 30.8 Å². The average Bonchev–Trinajstić information content (AvgIpc) is 3.31. The molecule has 4 aromatic carbocycles. The number of hydrogen-bond donors (Lipinski definition) is 10. The Hall–Kier alpha value is -5.94. The number of aromatic nitrogens is 6. The molecule has 0 radical (unpaired) electrons. The van der Waals surface area contributed by atoms with Crippen molar-refractivity contribution in [3.63, 3.8) is 0 Å². The molecule has 0 aliphatic carbocycles. The van der Waals surface area contributed by atoms with E-state index in [1.54, 1.807) is 17.0 Å². The third-order valence-corrected chi connectivity index (χ3v) is 13.7. The fourth-order valence-electron chi connectivity index (χ4n) is 6.07. The lowest BCUT2D eigenvalue weighted by Crippen LogP contribution is -2.25. The molecule has 0 saturated heterocycles. The van der Waals surface area contributed by atoms with Gasteiger partial charge in [-0.3, -0.25) is 13.7 Å². The molecule has 6 rings (SSSR count). The molecule has 0 aliphatic rings. The molecule has 0 atom stereocenters. The molecule has 29 nitrogen and oxygen atoms in total. The fraction of sp³-hybridized carbons (Fsp3) is 0.135. The van der Waals surface area contributed by atoms with Crippen molar-refractivity contribution in [1.82, 2.24) is 29.9 Å². The Morgan fingerprint density at radius 3 is 1.67 bits per heavy atom. The van der Waals surface area contributed by atoms with E-state index in [9.17, 15) is 38.9 Å². The second-order valence-corrected chi connectivity index (χ2v) is 20.2. The molecule has 0 bridgehead atoms. The maximum absolute atomic E-state index is 12.7. The molecule has 72 heavy (non-hydrogen) atoms. The highest BCUT2D eigenvalue weighted by molar-refractivity contribution is 7.95. The van der Waals surface area contributed by atoms with E-state index in [0.29, 0.717) is 60.5 Å². The second-order valence-electron chi connectivity index (χ2n) is 13.7. The highest BCUT2D eigenvalue weighted by Crippen LogP contribution is 2.35. The second kappa shape index (κ2) is 24.7. The van der Waals surface area contributed by atoms with E-state index in [-0.39, 0.29) is 72.9 Å². The number of nitrogens with one attached hydrogen (secondary N) is 4. The molecule has 2 heterocycles. The van der Waals surface area contributed by atoms with Gasteiger partial charge in [-0.2, -0.15) is 55.2 Å². The number of hydrogen-bond acceptors (Lipinski definition) is 29. The number of nitrogens with zero attached hydrogens (tertiary/aromatic N) is 7. The van der Waals surface area contributed by atoms with Crippen molar-refractivity contribution in [2.75, 3.05) is 39.3 Å². The molecule has 0 saturated carbocycles. The Kier molecular flexibility index (Phi) is 19.0. The third-order valence-electron chi connectivity index (χ3n) is 9.12. The zero-order valence-corrected chi connectivity index (χ0v) is 41.6. The fourth-order valence-corrected chi connectivity index (χ4v) is 9.25. The van der Waals surface area contributed by atoms with Crippen LogP contribution in [-0.4, -0.2) is 97.7 Å². The van der Waals surface area contributed by atoms with Gasteiger partial charge in [0.15, 0.2) is 0 Å². The first-order valence-corrected chi connectivity index (χ1v) is 26.2. The molecule has 0 aliphatic heterocycles. The highest BCUT2D eigenvalue weighted by atomic mass is 32.2. The van der Waals surface area contributed by atoms with Gasteiger partial charge < -0.3 is 26.2 Å². The summed E-state index contributed by atoms with van der Waals surface area (Å²) in [5, 5.41) is 48.7. The summed E-state index contributed by atoms with van der Waals surface area (Å²) >= 11 is 1.54. The van der Waals surface area contributed by atoms with Crippen molar-refractivity contribution in [1.29, 1.82) is 0 Å². The summed E-state index contributed by atoms with van der Waals surface area (Å²) in [4.78, 5) is 26.7. The van der Waals surface area contributed by atoms with Crippen LogP contribution in [-0.2, 0) is 58.5 Å². The number of benzene rings is 4. The van der Waals surface area contributed by atoms with E-state index in [4.69, 9.17) is 20.1 Å². The lowest BCUT2D eigenvalue weighted by molar-refractivity contribution is -0.432. The van der Waals surface area contributed by atoms with Crippen molar-refractivity contribution in [2.45, 2.75) is 50.1 Å². The minimum Gasteiger partial charge on any atom is -0.341 e. The van der Waals surface area contributed by atoms with Gasteiger partial charge in [-0.25, -0.2) is 15.8 Å².